The van der Waals surface area contributed by atoms with Gasteiger partial charge in [0.15, 0.2) is 85.6 Å². The van der Waals surface area contributed by atoms with Gasteiger partial charge in [-0.25, -0.2) is 31.4 Å². The van der Waals surface area contributed by atoms with Crippen LogP contribution in [-0.4, -0.2) is 195 Å². The van der Waals surface area contributed by atoms with Crippen LogP contribution < -0.4 is 29.7 Å². The van der Waals surface area contributed by atoms with Gasteiger partial charge in [0.2, 0.25) is 0 Å². The number of carbonyl (C=O) groups excluding carboxylic acids is 4. The molecule has 8 aliphatic heterocycles. The first-order valence-electron chi connectivity index (χ1n) is 40.0. The Morgan fingerprint density at radius 2 is 0.736 bits per heavy atom. The number of rotatable bonds is 24. The summed E-state index contributed by atoms with van der Waals surface area (Å²) < 4.78 is 185. The van der Waals surface area contributed by atoms with Crippen LogP contribution in [0.4, 0.5) is 13.2 Å². The summed E-state index contributed by atoms with van der Waals surface area (Å²) >= 11 is 11.8. The molecule has 2 amide bonds. The number of Topliss-reactive ketones (excluding diaryl/α,β-unsaturated/α-hetero) is 2. The lowest BCUT2D eigenvalue weighted by Crippen LogP contribution is -2.46. The summed E-state index contributed by atoms with van der Waals surface area (Å²) in [6.45, 7) is 1.56. The molecule has 0 bridgehead atoms. The molecule has 8 aliphatic rings. The van der Waals surface area contributed by atoms with E-state index in [1.54, 1.807) is 110 Å². The predicted molar refractivity (Wildman–Crippen MR) is 433 cm³/mol. The van der Waals surface area contributed by atoms with Gasteiger partial charge in [-0.2, -0.15) is 18.3 Å². The highest BCUT2D eigenvalue weighted by atomic mass is 35.5. The molecule has 0 saturated carbocycles. The number of carbonyl (C=O) groups is 4. The molecule has 8 saturated heterocycles. The summed E-state index contributed by atoms with van der Waals surface area (Å²) in [5, 5.41) is 83.7. The molecule has 48 heteroatoms. The van der Waals surface area contributed by atoms with Gasteiger partial charge in [-0.3, -0.25) is 78.4 Å². The molecule has 129 heavy (non-hydrogen) atoms. The summed E-state index contributed by atoms with van der Waals surface area (Å²) in [5.74, 6) is -3.83. The quantitative estimate of drug-likeness (QED) is 0.0161. The number of aromatic nitrogens is 5. The Morgan fingerprint density at radius 3 is 1.06 bits per heavy atom. The minimum atomic E-state index is -4.15. The number of ketones is 2. The molecule has 3 aromatic carbocycles. The first kappa shape index (κ1) is 98.5. The number of ether oxygens (including phenoxy) is 4. The van der Waals surface area contributed by atoms with E-state index in [2.05, 4.69) is 4.98 Å². The maximum Gasteiger partial charge on any atom is 0.475 e. The molecule has 8 aromatic rings. The number of hydrogen-bond acceptors (Lipinski definition) is 33. The van der Waals surface area contributed by atoms with E-state index < -0.39 is 196 Å². The van der Waals surface area contributed by atoms with Gasteiger partial charge in [-0.15, -0.1) is 0 Å². The molecule has 12 unspecified atom stereocenters. The van der Waals surface area contributed by atoms with Crippen molar-refractivity contribution < 1.29 is 183 Å². The van der Waals surface area contributed by atoms with E-state index in [1.807, 2.05) is 0 Å². The molecule has 39 nitrogen and oxygen atoms in total. The van der Waals surface area contributed by atoms with Crippen molar-refractivity contribution in [3.63, 3.8) is 0 Å². The van der Waals surface area contributed by atoms with Crippen LogP contribution in [0.5, 0.6) is 0 Å². The zero-order chi connectivity index (χ0) is 92.4. The summed E-state index contributed by atoms with van der Waals surface area (Å²) in [5.41, 5.74) is 13.9. The fourth-order valence-electron chi connectivity index (χ4n) is 14.4. The number of nitrogens with zero attached hydrogens (tertiary/aromatic N) is 5. The topological polar surface area (TPSA) is 527 Å². The molecular weight excluding hydrogens is 1830 g/mol. The van der Waals surface area contributed by atoms with E-state index in [4.69, 9.17) is 108 Å². The number of aliphatic hydroxyl groups is 8. The lowest BCUT2D eigenvalue weighted by atomic mass is 10.1. The SMILES string of the molecule is CC(=O)c1ccc[n+]([C@@H]2OC(COP3(=O)OCCC(c4cc(F)cc(F)c4)O3)[C@@H](O)[C@H]2O)c1.CC(=O)c1ccc[n+]([C@@H]2OC(COP3(=O)OCCC(c4ccc(F)c(Cl)c4)O3)[C@@H](O)[C@H]2O)c1.NC(=O)c1ccc[n+]([C@@H]2OC(COP3(=O)OCCC(c4cccc(Cl)c4)O3)[C@@H](O)[C@H]2O)c1.NC(=O)c1ccc[n+]([C@@H]2OC(COP3(=O)OCCC(c4cccnc4)O3)[C@@H](O)[C@H]2O)c1. The summed E-state index contributed by atoms with van der Waals surface area (Å²) in [4.78, 5) is 50.1. The van der Waals surface area contributed by atoms with E-state index >= 15 is 0 Å². The number of primary amides is 2. The molecule has 0 aliphatic carbocycles. The highest BCUT2D eigenvalue weighted by molar-refractivity contribution is 7.49. The Morgan fingerprint density at radius 1 is 0.411 bits per heavy atom. The Kier molecular flexibility index (Phi) is 33.1. The number of phosphoric ester groups is 4. The molecule has 694 valence electrons. The number of aliphatic hydroxyl groups excluding tert-OH is 8. The zero-order valence-corrected chi connectivity index (χ0v) is 73.4. The highest BCUT2D eigenvalue weighted by Crippen LogP contribution is 2.61. The third-order valence-corrected chi connectivity index (χ3v) is 27.6. The van der Waals surface area contributed by atoms with Crippen LogP contribution in [0.25, 0.3) is 0 Å². The van der Waals surface area contributed by atoms with Crippen LogP contribution in [0.15, 0.2) is 183 Å². The van der Waals surface area contributed by atoms with Gasteiger partial charge in [0.1, 0.15) is 77.4 Å². The maximum absolute atomic E-state index is 13.5. The van der Waals surface area contributed by atoms with Crippen molar-refractivity contribution >= 4 is 77.9 Å². The van der Waals surface area contributed by atoms with Crippen LogP contribution in [0.2, 0.25) is 10.0 Å². The molecule has 12 N–H and O–H groups in total. The number of benzene rings is 3. The Bertz CT molecular complexity index is 5490. The Labute approximate surface area is 743 Å². The lowest BCUT2D eigenvalue weighted by Gasteiger charge is -2.29. The average molecular weight is 1930 g/mol. The Hall–Kier alpha value is -7.98. The van der Waals surface area contributed by atoms with Crippen molar-refractivity contribution in [1.29, 1.82) is 0 Å². The van der Waals surface area contributed by atoms with Crippen LogP contribution in [0, 0.1) is 17.5 Å². The number of phosphoric acid groups is 4. The monoisotopic (exact) mass is 1930 g/mol. The smallest absolute Gasteiger partial charge is 0.387 e. The Balaban J connectivity index is 0.000000147. The van der Waals surface area contributed by atoms with E-state index in [1.165, 1.54) is 87.2 Å². The third kappa shape index (κ3) is 24.9. The number of halogens is 5. The second-order valence-electron chi connectivity index (χ2n) is 30.2. The van der Waals surface area contributed by atoms with Crippen LogP contribution in [0.1, 0.15) is 153 Å². The molecule has 0 spiro atoms. The standard InChI is InChI=1S/C21H23ClFNO8P.C21H23F2NO8P.C20H22ClN2O8P.C19H22N3O8P/c1-12(25)14-3-2-7-24(10-14)21-20(27)19(26)18(31-21)11-30-33(28)29-8-6-17(32-33)13-4-5-16(23)15(22)9-13;1-12(25)13-3-2-5-24(10-13)21-20(27)19(26)18(31-21)11-30-33(28)29-6-4-17(32-33)14-7-15(22)9-16(23)8-14;21-14-5-1-3-12(9-14)15-6-8-28-32(27,31-15)29-11-16-17(24)18(25)20(30-16)23-7-2-4-13(10-23)19(22)26;20-18(25)13-4-2-7-22(10-13)19-17(24)16(23)15(29-19)11-28-31(26)27-8-5-14(30-31)12-3-1-6-21-9-12/h2-5,7,9-10,17-21,26-27H,6,8,11H2,1H3;2-3,5,7-10,17-21,26-27H,4,6,11H2,1H3;1-5,7,9-10,15-18,20,24-25H,6,8,11H2,(H-,22,26);1-4,6-7,9-10,14-17,19,23-24H,5,8,11H2,(H-,20,25)/q2*+1;;/p+2/t2*17?,18?,19-,20-,21-,33?;15?,16?,17-,18-,20-,32?;14?,15?,16-,17-,19-,31?/m1111/s1. The van der Waals surface area contributed by atoms with Gasteiger partial charge in [0.05, 0.1) is 93.4 Å². The zero-order valence-electron chi connectivity index (χ0n) is 68.3. The third-order valence-electron chi connectivity index (χ3n) is 21.2. The van der Waals surface area contributed by atoms with E-state index in [0.717, 1.165) is 23.3 Å². The first-order valence-corrected chi connectivity index (χ1v) is 46.6. The fraction of sp³-hybridized carbons (Fsp3) is 0.420. The summed E-state index contributed by atoms with van der Waals surface area (Å²) in [6.07, 6.45) is -4.84. The van der Waals surface area contributed by atoms with Gasteiger partial charge in [0, 0.05) is 73.4 Å². The van der Waals surface area contributed by atoms with Gasteiger partial charge in [0.25, 0.3) is 36.7 Å². The molecule has 24 atom stereocenters. The lowest BCUT2D eigenvalue weighted by molar-refractivity contribution is -0.766. The van der Waals surface area contributed by atoms with Crippen molar-refractivity contribution in [2.75, 3.05) is 52.9 Å². The van der Waals surface area contributed by atoms with Crippen molar-refractivity contribution in [1.82, 2.24) is 4.98 Å². The minimum Gasteiger partial charge on any atom is -0.387 e. The highest BCUT2D eigenvalue weighted by Gasteiger charge is 2.55. The van der Waals surface area contributed by atoms with Crippen molar-refractivity contribution in [3.8, 4) is 0 Å². The van der Waals surface area contributed by atoms with Crippen molar-refractivity contribution in [2.24, 2.45) is 11.5 Å². The maximum atomic E-state index is 13.5. The minimum absolute atomic E-state index is 0.0485. The van der Waals surface area contributed by atoms with Gasteiger partial charge in [-0.05, 0) is 103 Å². The van der Waals surface area contributed by atoms with Crippen molar-refractivity contribution in [3.05, 3.63) is 255 Å². The largest absolute Gasteiger partial charge is 0.475 e. The van der Waals surface area contributed by atoms with Gasteiger partial charge >= 0.3 is 31.3 Å². The second-order valence-corrected chi connectivity index (χ2v) is 37.6. The number of amides is 2. The van der Waals surface area contributed by atoms with E-state index in [-0.39, 0.29) is 79.3 Å². The number of nitrogens with two attached hydrogens (primary N) is 2. The normalized spacial score (nSPS) is 32.5. The van der Waals surface area contributed by atoms with E-state index in [0.29, 0.717) is 47.0 Å². The second kappa shape index (κ2) is 43.4. The predicted octanol–water partition coefficient (Wildman–Crippen LogP) is 7.31. The number of pyridine rings is 5. The van der Waals surface area contributed by atoms with Crippen LogP contribution >= 0.6 is 54.5 Å². The van der Waals surface area contributed by atoms with Crippen molar-refractivity contribution in [2.45, 2.75) is 162 Å². The average Bonchev–Trinajstić information content (AvgIpc) is 1.65. The van der Waals surface area contributed by atoms with E-state index in [9.17, 15) is 91.5 Å². The number of hydrogen-bond donors (Lipinski definition) is 10. The molecule has 13 heterocycles. The molecule has 16 rings (SSSR count). The summed E-state index contributed by atoms with van der Waals surface area (Å²) in [6, 6.07) is 30.0. The molecular formula is C81H92Cl2F3N7O32P4+4. The van der Waals surface area contributed by atoms with Gasteiger partial charge < -0.3 is 71.3 Å². The van der Waals surface area contributed by atoms with Gasteiger partial charge in [-0.1, -0.05) is 47.5 Å². The molecule has 8 fully saturated rings. The first-order chi connectivity index (χ1) is 61.4. The summed E-state index contributed by atoms with van der Waals surface area (Å²) in [7, 11) is -16.0. The fourth-order valence-corrected chi connectivity index (χ4v) is 20.4. The van der Waals surface area contributed by atoms with Crippen LogP contribution in [-0.2, 0) is 91.5 Å². The molecule has 0 radical (unpaired) electrons. The molecule has 5 aromatic heterocycles. The van der Waals surface area contributed by atoms with Crippen LogP contribution in [0.3, 0.4) is 0 Å².